The number of amides is 1. The molecule has 100 valence electrons. The summed E-state index contributed by atoms with van der Waals surface area (Å²) >= 11 is 0. The van der Waals surface area contributed by atoms with E-state index < -0.39 is 6.04 Å². The molecule has 0 bridgehead atoms. The quantitative estimate of drug-likeness (QED) is 0.789. The molecule has 1 rings (SSSR count). The predicted molar refractivity (Wildman–Crippen MR) is 68.6 cm³/mol. The fourth-order valence-electron chi connectivity index (χ4n) is 2.39. The van der Waals surface area contributed by atoms with E-state index in [1.54, 1.807) is 7.11 Å². The number of carbonyl (C=O) groups excluding carboxylic acids is 1. The van der Waals surface area contributed by atoms with Crippen LogP contribution >= 0.6 is 0 Å². The summed E-state index contributed by atoms with van der Waals surface area (Å²) in [6, 6.07) is -0.398. The molecule has 4 nitrogen and oxygen atoms in total. The normalized spacial score (nSPS) is 19.7. The molecule has 1 atom stereocenters. The summed E-state index contributed by atoms with van der Waals surface area (Å²) in [6.45, 7) is 6.79. The van der Waals surface area contributed by atoms with Gasteiger partial charge in [0.25, 0.3) is 0 Å². The topological polar surface area (TPSA) is 55.6 Å². The number of likely N-dealkylation sites (tertiary alicyclic amines) is 1. The molecule has 0 spiro atoms. The number of nitrogens with two attached hydrogens (primary N) is 1. The third kappa shape index (κ3) is 4.28. The van der Waals surface area contributed by atoms with Crippen molar-refractivity contribution in [2.75, 3.05) is 26.8 Å². The zero-order valence-electron chi connectivity index (χ0n) is 11.3. The summed E-state index contributed by atoms with van der Waals surface area (Å²) in [7, 11) is 1.63. The summed E-state index contributed by atoms with van der Waals surface area (Å²) in [4.78, 5) is 13.9. The minimum atomic E-state index is -0.398. The molecule has 1 aliphatic heterocycles. The standard InChI is InChI=1S/C13H26N2O2/c1-10(2)11-4-7-15(8-5-11)13(16)12(14)6-9-17-3/h10-12H,4-9,14H2,1-3H3. The number of hydrogen-bond donors (Lipinski definition) is 1. The molecule has 0 aliphatic carbocycles. The predicted octanol–water partition coefficient (Wildman–Crippen LogP) is 1.24. The Morgan fingerprint density at radius 3 is 2.47 bits per heavy atom. The van der Waals surface area contributed by atoms with Crippen LogP contribution < -0.4 is 5.73 Å². The maximum Gasteiger partial charge on any atom is 0.239 e. The Hall–Kier alpha value is -0.610. The van der Waals surface area contributed by atoms with Gasteiger partial charge in [-0.25, -0.2) is 0 Å². The number of hydrogen-bond acceptors (Lipinski definition) is 3. The maximum absolute atomic E-state index is 12.0. The fraction of sp³-hybridized carbons (Fsp3) is 0.923. The third-order valence-electron chi connectivity index (χ3n) is 3.74. The minimum absolute atomic E-state index is 0.0873. The van der Waals surface area contributed by atoms with Crippen LogP contribution in [-0.2, 0) is 9.53 Å². The van der Waals surface area contributed by atoms with Crippen molar-refractivity contribution < 1.29 is 9.53 Å². The third-order valence-corrected chi connectivity index (χ3v) is 3.74. The van der Waals surface area contributed by atoms with E-state index in [-0.39, 0.29) is 5.91 Å². The molecule has 0 aromatic carbocycles. The molecule has 4 heteroatoms. The molecule has 1 amide bonds. The van der Waals surface area contributed by atoms with Gasteiger partial charge < -0.3 is 15.4 Å². The number of piperidine rings is 1. The van der Waals surface area contributed by atoms with Gasteiger partial charge in [-0.3, -0.25) is 4.79 Å². The zero-order valence-corrected chi connectivity index (χ0v) is 11.3. The number of ether oxygens (including phenoxy) is 1. The van der Waals surface area contributed by atoms with Gasteiger partial charge in [-0.05, 0) is 31.1 Å². The van der Waals surface area contributed by atoms with Gasteiger partial charge >= 0.3 is 0 Å². The second kappa shape index (κ2) is 6.97. The van der Waals surface area contributed by atoms with Gasteiger partial charge in [0.05, 0.1) is 6.04 Å². The number of nitrogens with zero attached hydrogens (tertiary/aromatic N) is 1. The second-order valence-electron chi connectivity index (χ2n) is 5.29. The first kappa shape index (κ1) is 14.5. The highest BCUT2D eigenvalue weighted by molar-refractivity contribution is 5.81. The van der Waals surface area contributed by atoms with Crippen molar-refractivity contribution in [3.63, 3.8) is 0 Å². The maximum atomic E-state index is 12.0. The first-order chi connectivity index (χ1) is 8.06. The first-order valence-electron chi connectivity index (χ1n) is 6.59. The largest absolute Gasteiger partial charge is 0.385 e. The molecule has 1 saturated heterocycles. The van der Waals surface area contributed by atoms with Crippen molar-refractivity contribution in [2.45, 2.75) is 39.2 Å². The first-order valence-corrected chi connectivity index (χ1v) is 6.59. The highest BCUT2D eigenvalue weighted by Crippen LogP contribution is 2.24. The molecule has 1 heterocycles. The minimum Gasteiger partial charge on any atom is -0.385 e. The van der Waals surface area contributed by atoms with Crippen LogP contribution in [0.3, 0.4) is 0 Å². The number of carbonyl (C=O) groups is 1. The van der Waals surface area contributed by atoms with Gasteiger partial charge in [-0.1, -0.05) is 13.8 Å². The highest BCUT2D eigenvalue weighted by Gasteiger charge is 2.27. The molecule has 2 N–H and O–H groups in total. The monoisotopic (exact) mass is 242 g/mol. The summed E-state index contributed by atoms with van der Waals surface area (Å²) in [5.74, 6) is 1.56. The number of methoxy groups -OCH3 is 1. The average molecular weight is 242 g/mol. The molecule has 0 radical (unpaired) electrons. The Morgan fingerprint density at radius 1 is 1.41 bits per heavy atom. The van der Waals surface area contributed by atoms with Crippen LogP contribution in [-0.4, -0.2) is 43.7 Å². The molecule has 1 unspecified atom stereocenters. The van der Waals surface area contributed by atoms with Crippen LogP contribution in [0.15, 0.2) is 0 Å². The Balaban J connectivity index is 2.35. The summed E-state index contributed by atoms with van der Waals surface area (Å²) in [6.07, 6.45) is 2.83. The Bertz CT molecular complexity index is 236. The van der Waals surface area contributed by atoms with Crippen LogP contribution in [0.1, 0.15) is 33.1 Å². The summed E-state index contributed by atoms with van der Waals surface area (Å²) in [5, 5.41) is 0. The van der Waals surface area contributed by atoms with Crippen LogP contribution in [0.4, 0.5) is 0 Å². The van der Waals surface area contributed by atoms with Crippen molar-refractivity contribution >= 4 is 5.91 Å². The lowest BCUT2D eigenvalue weighted by Gasteiger charge is -2.35. The van der Waals surface area contributed by atoms with Crippen LogP contribution in [0, 0.1) is 11.8 Å². The molecule has 1 aliphatic rings. The van der Waals surface area contributed by atoms with E-state index >= 15 is 0 Å². The van der Waals surface area contributed by atoms with Crippen molar-refractivity contribution in [3.8, 4) is 0 Å². The van der Waals surface area contributed by atoms with E-state index in [1.165, 1.54) is 0 Å². The van der Waals surface area contributed by atoms with E-state index in [0.29, 0.717) is 13.0 Å². The molecular weight excluding hydrogens is 216 g/mol. The lowest BCUT2D eigenvalue weighted by Crippen LogP contribution is -2.47. The molecule has 1 fully saturated rings. The van der Waals surface area contributed by atoms with E-state index in [1.807, 2.05) is 4.90 Å². The van der Waals surface area contributed by atoms with Crippen molar-refractivity contribution in [1.29, 1.82) is 0 Å². The second-order valence-corrected chi connectivity index (χ2v) is 5.29. The van der Waals surface area contributed by atoms with Crippen molar-refractivity contribution in [3.05, 3.63) is 0 Å². The van der Waals surface area contributed by atoms with Gasteiger partial charge in [0, 0.05) is 26.8 Å². The SMILES string of the molecule is COCCC(N)C(=O)N1CCC(C(C)C)CC1. The Labute approximate surface area is 104 Å². The van der Waals surface area contributed by atoms with Gasteiger partial charge in [-0.2, -0.15) is 0 Å². The lowest BCUT2D eigenvalue weighted by molar-refractivity contribution is -0.134. The van der Waals surface area contributed by atoms with Crippen LogP contribution in [0.25, 0.3) is 0 Å². The smallest absolute Gasteiger partial charge is 0.239 e. The van der Waals surface area contributed by atoms with Crippen molar-refractivity contribution in [2.24, 2.45) is 17.6 Å². The lowest BCUT2D eigenvalue weighted by atomic mass is 9.86. The van der Waals surface area contributed by atoms with Gasteiger partial charge in [0.1, 0.15) is 0 Å². The van der Waals surface area contributed by atoms with E-state index in [2.05, 4.69) is 13.8 Å². The summed E-state index contributed by atoms with van der Waals surface area (Å²) < 4.78 is 4.95. The Morgan fingerprint density at radius 2 is 2.00 bits per heavy atom. The summed E-state index contributed by atoms with van der Waals surface area (Å²) in [5.41, 5.74) is 5.86. The molecule has 0 aromatic heterocycles. The molecule has 0 aromatic rings. The highest BCUT2D eigenvalue weighted by atomic mass is 16.5. The average Bonchev–Trinajstić information content (AvgIpc) is 2.35. The van der Waals surface area contributed by atoms with E-state index in [4.69, 9.17) is 10.5 Å². The van der Waals surface area contributed by atoms with E-state index in [0.717, 1.165) is 37.8 Å². The van der Waals surface area contributed by atoms with Crippen LogP contribution in [0.5, 0.6) is 0 Å². The zero-order chi connectivity index (χ0) is 12.8. The van der Waals surface area contributed by atoms with Gasteiger partial charge in [0.15, 0.2) is 0 Å². The van der Waals surface area contributed by atoms with Gasteiger partial charge in [0.2, 0.25) is 5.91 Å². The Kier molecular flexibility index (Phi) is 5.92. The van der Waals surface area contributed by atoms with E-state index in [9.17, 15) is 4.79 Å². The van der Waals surface area contributed by atoms with Crippen molar-refractivity contribution in [1.82, 2.24) is 4.90 Å². The van der Waals surface area contributed by atoms with Crippen LogP contribution in [0.2, 0.25) is 0 Å². The van der Waals surface area contributed by atoms with Gasteiger partial charge in [-0.15, -0.1) is 0 Å². The molecule has 0 saturated carbocycles. The fourth-order valence-corrected chi connectivity index (χ4v) is 2.39. The number of rotatable bonds is 5. The molecular formula is C13H26N2O2. The molecule has 17 heavy (non-hydrogen) atoms.